The molecule has 0 N–H and O–H groups in total. The lowest BCUT2D eigenvalue weighted by Crippen LogP contribution is -3.00. The molecule has 0 fully saturated rings. The van der Waals surface area contributed by atoms with Crippen molar-refractivity contribution in [2.75, 3.05) is 20.6 Å². The Bertz CT molecular complexity index is 329. The first-order chi connectivity index (χ1) is 12.8. The van der Waals surface area contributed by atoms with Crippen LogP contribution in [0.4, 0.5) is 0 Å². The molecule has 0 saturated heterocycles. The van der Waals surface area contributed by atoms with Crippen LogP contribution in [0.1, 0.15) is 130 Å². The average molecular weight is 434 g/mol. The van der Waals surface area contributed by atoms with Crippen LogP contribution in [-0.2, 0) is 0 Å². The number of quaternary nitrogens is 1. The summed E-state index contributed by atoms with van der Waals surface area (Å²) in [5, 5.41) is 0. The van der Waals surface area contributed by atoms with E-state index in [0.717, 1.165) is 5.54 Å². The zero-order chi connectivity index (χ0) is 20.6. The largest absolute Gasteiger partial charge is 1.00 e. The van der Waals surface area contributed by atoms with Crippen molar-refractivity contribution in [3.8, 4) is 0 Å². The van der Waals surface area contributed by atoms with Crippen molar-refractivity contribution in [2.45, 2.75) is 142 Å². The fraction of sp³-hybridized carbons (Fsp3) is 1.00. The van der Waals surface area contributed by atoms with E-state index in [1.807, 2.05) is 0 Å². The highest BCUT2D eigenvalue weighted by molar-refractivity contribution is 6.12. The normalized spacial score (nSPS) is 13.5. The summed E-state index contributed by atoms with van der Waals surface area (Å²) in [6, 6.07) is 0. The summed E-state index contributed by atoms with van der Waals surface area (Å²) < 4.78 is 1.19. The van der Waals surface area contributed by atoms with E-state index in [2.05, 4.69) is 41.8 Å². The van der Waals surface area contributed by atoms with Crippen LogP contribution in [0.3, 0.4) is 0 Å². The minimum absolute atomic E-state index is 0. The Hall–Kier alpha value is 0.467. The van der Waals surface area contributed by atoms with Crippen molar-refractivity contribution in [1.82, 2.24) is 0 Å². The molecule has 0 rings (SSSR count). The van der Waals surface area contributed by atoms with Crippen LogP contribution in [0.2, 0.25) is 5.54 Å². The van der Waals surface area contributed by atoms with Crippen LogP contribution >= 0.6 is 0 Å². The van der Waals surface area contributed by atoms with Gasteiger partial charge in [0.1, 0.15) is 0 Å². The number of nitrogens with zero attached hydrogens (tertiary/aromatic N) is 1. The summed E-state index contributed by atoms with van der Waals surface area (Å²) in [5.74, 6) is 0. The van der Waals surface area contributed by atoms with Crippen LogP contribution in [0, 0.1) is 0 Å². The molecule has 0 aliphatic heterocycles. The van der Waals surface area contributed by atoms with Crippen LogP contribution < -0.4 is 12.4 Å². The Kier molecular flexibility index (Phi) is 20.0. The highest BCUT2D eigenvalue weighted by Gasteiger charge is 2.38. The van der Waals surface area contributed by atoms with Crippen LogP contribution in [0.25, 0.3) is 0 Å². The maximum Gasteiger partial charge on any atom is 0.0924 e. The first-order valence-corrected chi connectivity index (χ1v) is 13.7. The van der Waals surface area contributed by atoms with E-state index in [1.165, 1.54) is 124 Å². The summed E-state index contributed by atoms with van der Waals surface area (Å²) in [5.41, 5.74) is 1.30. The van der Waals surface area contributed by atoms with Gasteiger partial charge in [0.05, 0.1) is 26.2 Å². The van der Waals surface area contributed by atoms with Crippen LogP contribution in [0.5, 0.6) is 0 Å². The lowest BCUT2D eigenvalue weighted by molar-refractivity contribution is -0.937. The predicted molar refractivity (Wildman–Crippen MR) is 130 cm³/mol. The highest BCUT2D eigenvalue weighted by Crippen LogP contribution is 2.31. The zero-order valence-corrected chi connectivity index (χ0v) is 23.7. The number of unbranched alkanes of at least 4 members (excludes halogenated alkanes) is 15. The van der Waals surface area contributed by atoms with Gasteiger partial charge >= 0.3 is 0 Å². The first kappa shape index (κ1) is 30.7. The fourth-order valence-corrected chi connectivity index (χ4v) is 4.74. The van der Waals surface area contributed by atoms with E-state index < -0.39 is 0 Å². The molecule has 0 amide bonds. The molecule has 0 radical (unpaired) electrons. The molecule has 1 atom stereocenters. The Labute approximate surface area is 189 Å². The fourth-order valence-electron chi connectivity index (χ4n) is 4.04. The smallest absolute Gasteiger partial charge is 0.0924 e. The van der Waals surface area contributed by atoms with Crippen molar-refractivity contribution in [3.63, 3.8) is 0 Å². The third-order valence-corrected chi connectivity index (χ3v) is 8.96. The molecule has 3 heteroatoms. The maximum atomic E-state index is 2.47. The Morgan fingerprint density at radius 2 is 0.929 bits per heavy atom. The van der Waals surface area contributed by atoms with Gasteiger partial charge in [0.15, 0.2) is 0 Å². The van der Waals surface area contributed by atoms with Crippen molar-refractivity contribution in [1.29, 1.82) is 0 Å². The summed E-state index contributed by atoms with van der Waals surface area (Å²) >= 11 is 0. The van der Waals surface area contributed by atoms with Crippen molar-refractivity contribution in [2.24, 2.45) is 0 Å². The highest BCUT2D eigenvalue weighted by atomic mass is 35.5. The predicted octanol–water partition coefficient (Wildman–Crippen LogP) is 4.28. The SMILES string of the molecule is CCCCCCCCCCCCCCCCCC[N+](C)(C)C(C)(C)C(C)[SiH3].[Cl-]. The number of halogens is 1. The van der Waals surface area contributed by atoms with Gasteiger partial charge < -0.3 is 16.9 Å². The van der Waals surface area contributed by atoms with E-state index in [0.29, 0.717) is 5.54 Å². The molecule has 0 bridgehead atoms. The molecule has 0 spiro atoms. The number of rotatable bonds is 19. The monoisotopic (exact) mass is 433 g/mol. The van der Waals surface area contributed by atoms with Gasteiger partial charge in [-0.1, -0.05) is 104 Å². The maximum absolute atomic E-state index is 2.47. The van der Waals surface area contributed by atoms with Crippen molar-refractivity contribution >= 4 is 10.2 Å². The van der Waals surface area contributed by atoms with Gasteiger partial charge in [-0.2, -0.15) is 0 Å². The van der Waals surface area contributed by atoms with Crippen molar-refractivity contribution in [3.05, 3.63) is 0 Å². The molecular formula is C25H56ClNSi. The summed E-state index contributed by atoms with van der Waals surface area (Å²) in [6.45, 7) is 11.0. The minimum atomic E-state index is 0. The molecule has 28 heavy (non-hydrogen) atoms. The van der Waals surface area contributed by atoms with Crippen LogP contribution in [0.15, 0.2) is 0 Å². The molecule has 0 heterocycles. The topological polar surface area (TPSA) is 0 Å². The van der Waals surface area contributed by atoms with Gasteiger partial charge in [-0.3, -0.25) is 0 Å². The van der Waals surface area contributed by atoms with Gasteiger partial charge in [-0.25, -0.2) is 0 Å². The van der Waals surface area contributed by atoms with Gasteiger partial charge in [0.2, 0.25) is 0 Å². The number of hydrogen-bond donors (Lipinski definition) is 0. The first-order valence-electron chi connectivity index (χ1n) is 12.6. The minimum Gasteiger partial charge on any atom is -1.00 e. The molecular weight excluding hydrogens is 378 g/mol. The molecule has 0 saturated carbocycles. The second-order valence-corrected chi connectivity index (χ2v) is 12.3. The second kappa shape index (κ2) is 18.3. The van der Waals surface area contributed by atoms with E-state index >= 15 is 0 Å². The van der Waals surface area contributed by atoms with Gasteiger partial charge in [0.25, 0.3) is 0 Å². The zero-order valence-electron chi connectivity index (χ0n) is 20.9. The molecule has 0 aliphatic carbocycles. The standard InChI is InChI=1S/C25H56NSi.ClH/c1-7-8-9-10-11-12-13-14-15-16-17-18-19-20-21-22-23-26(5,6)25(3,4)24(2)27;/h24H,7-23H2,1-6,27H3;1H/q+1;/p-1. The quantitative estimate of drug-likeness (QED) is 0.162. The Balaban J connectivity index is 0. The van der Waals surface area contributed by atoms with Gasteiger partial charge in [-0.05, 0) is 32.2 Å². The van der Waals surface area contributed by atoms with Crippen molar-refractivity contribution < 1.29 is 16.9 Å². The third kappa shape index (κ3) is 14.4. The number of hydrogen-bond acceptors (Lipinski definition) is 0. The second-order valence-electron chi connectivity index (χ2n) is 10.5. The molecule has 0 aromatic rings. The molecule has 1 nitrogen and oxygen atoms in total. The third-order valence-electron chi connectivity index (χ3n) is 7.54. The Morgan fingerprint density at radius 3 is 1.21 bits per heavy atom. The molecule has 0 aliphatic rings. The Morgan fingerprint density at radius 1 is 0.643 bits per heavy atom. The average Bonchev–Trinajstić information content (AvgIpc) is 2.61. The summed E-state index contributed by atoms with van der Waals surface area (Å²) in [4.78, 5) is 0. The molecule has 172 valence electrons. The van der Waals surface area contributed by atoms with Crippen LogP contribution in [-0.4, -0.2) is 40.9 Å². The molecule has 0 aromatic heterocycles. The van der Waals surface area contributed by atoms with E-state index in [-0.39, 0.29) is 12.4 Å². The molecule has 1 unspecified atom stereocenters. The van der Waals surface area contributed by atoms with E-state index in [9.17, 15) is 0 Å². The van der Waals surface area contributed by atoms with E-state index in [4.69, 9.17) is 0 Å². The van der Waals surface area contributed by atoms with Gasteiger partial charge in [-0.15, -0.1) is 0 Å². The lowest BCUT2D eigenvalue weighted by Gasteiger charge is -2.47. The van der Waals surface area contributed by atoms with E-state index in [1.54, 1.807) is 0 Å². The summed E-state index contributed by atoms with van der Waals surface area (Å²) in [6.07, 6.45) is 23.3. The van der Waals surface area contributed by atoms with Gasteiger partial charge in [0, 0.05) is 10.2 Å². The lowest BCUT2D eigenvalue weighted by atomic mass is 9.95. The summed E-state index contributed by atoms with van der Waals surface area (Å²) in [7, 11) is 6.19. The molecule has 0 aromatic carbocycles.